The van der Waals surface area contributed by atoms with E-state index in [-0.39, 0.29) is 11.8 Å². The molecular formula is C15H15NOS. The first kappa shape index (κ1) is 11.5. The number of para-hydroxylation sites is 1. The number of hydrogen-bond acceptors (Lipinski definition) is 2. The van der Waals surface area contributed by atoms with Crippen molar-refractivity contribution >= 4 is 22.9 Å². The maximum absolute atomic E-state index is 12.1. The average molecular weight is 257 g/mol. The average Bonchev–Trinajstić information content (AvgIpc) is 2.87. The third-order valence-corrected chi connectivity index (χ3v) is 4.65. The van der Waals surface area contributed by atoms with E-state index in [9.17, 15) is 4.79 Å². The number of aryl methyl sites for hydroxylation is 2. The zero-order chi connectivity index (χ0) is 12.7. The number of anilines is 1. The Hall–Kier alpha value is -1.61. The number of rotatable bonds is 2. The maximum atomic E-state index is 12.1. The van der Waals surface area contributed by atoms with Gasteiger partial charge in [-0.05, 0) is 48.4 Å². The smallest absolute Gasteiger partial charge is 0.232 e. The fourth-order valence-corrected chi connectivity index (χ4v) is 3.46. The quantitative estimate of drug-likeness (QED) is 0.874. The van der Waals surface area contributed by atoms with E-state index in [4.69, 9.17) is 0 Å². The predicted octanol–water partition coefficient (Wildman–Crippen LogP) is 3.64. The Balaban J connectivity index is 1.98. The molecule has 2 heterocycles. The number of fused-ring (bicyclic) bond motifs is 1. The molecule has 0 fully saturated rings. The summed E-state index contributed by atoms with van der Waals surface area (Å²) in [5.74, 6) is 0.101. The van der Waals surface area contributed by atoms with Gasteiger partial charge in [0.05, 0.1) is 5.92 Å². The molecule has 18 heavy (non-hydrogen) atoms. The van der Waals surface area contributed by atoms with Crippen LogP contribution in [0.5, 0.6) is 0 Å². The highest BCUT2D eigenvalue weighted by Crippen LogP contribution is 2.37. The minimum atomic E-state index is -0.0303. The highest BCUT2D eigenvalue weighted by atomic mass is 32.1. The van der Waals surface area contributed by atoms with Gasteiger partial charge >= 0.3 is 0 Å². The van der Waals surface area contributed by atoms with E-state index in [1.165, 1.54) is 10.4 Å². The van der Waals surface area contributed by atoms with Gasteiger partial charge in [-0.25, -0.2) is 0 Å². The van der Waals surface area contributed by atoms with Crippen LogP contribution in [0.15, 0.2) is 29.6 Å². The van der Waals surface area contributed by atoms with E-state index < -0.39 is 0 Å². The zero-order valence-corrected chi connectivity index (χ0v) is 11.3. The van der Waals surface area contributed by atoms with E-state index in [0.717, 1.165) is 23.2 Å². The van der Waals surface area contributed by atoms with Crippen LogP contribution in [0, 0.1) is 13.8 Å². The molecule has 1 aromatic carbocycles. The molecule has 0 unspecified atom stereocenters. The highest BCUT2D eigenvalue weighted by molar-refractivity contribution is 7.10. The van der Waals surface area contributed by atoms with Crippen LogP contribution in [-0.4, -0.2) is 5.91 Å². The number of nitrogens with one attached hydrogen (secondary N) is 1. The molecule has 1 aliphatic heterocycles. The molecule has 0 bridgehead atoms. The first-order chi connectivity index (χ1) is 8.66. The topological polar surface area (TPSA) is 29.1 Å². The van der Waals surface area contributed by atoms with Crippen molar-refractivity contribution < 1.29 is 4.79 Å². The van der Waals surface area contributed by atoms with Crippen molar-refractivity contribution in [3.05, 3.63) is 51.2 Å². The molecule has 0 aliphatic carbocycles. The molecule has 2 aromatic rings. The zero-order valence-electron chi connectivity index (χ0n) is 10.5. The Morgan fingerprint density at radius 1 is 1.22 bits per heavy atom. The second-order valence-electron chi connectivity index (χ2n) is 4.81. The van der Waals surface area contributed by atoms with Gasteiger partial charge in [0, 0.05) is 10.6 Å². The summed E-state index contributed by atoms with van der Waals surface area (Å²) in [4.78, 5) is 13.4. The Bertz CT molecular complexity index is 615. The molecule has 1 atom stereocenters. The summed E-state index contributed by atoms with van der Waals surface area (Å²) in [6.07, 6.45) is 0.811. The fourth-order valence-electron chi connectivity index (χ4n) is 2.50. The summed E-state index contributed by atoms with van der Waals surface area (Å²) in [7, 11) is 0. The van der Waals surface area contributed by atoms with E-state index in [1.54, 1.807) is 11.3 Å². The van der Waals surface area contributed by atoms with Gasteiger partial charge in [-0.1, -0.05) is 18.2 Å². The van der Waals surface area contributed by atoms with Gasteiger partial charge in [0.1, 0.15) is 0 Å². The highest BCUT2D eigenvalue weighted by Gasteiger charge is 2.31. The Morgan fingerprint density at radius 3 is 2.78 bits per heavy atom. The molecule has 0 saturated heterocycles. The summed E-state index contributed by atoms with van der Waals surface area (Å²) in [6.45, 7) is 4.15. The number of carbonyl (C=O) groups is 1. The van der Waals surface area contributed by atoms with Crippen LogP contribution < -0.4 is 5.32 Å². The van der Waals surface area contributed by atoms with E-state index in [0.29, 0.717) is 0 Å². The van der Waals surface area contributed by atoms with Crippen LogP contribution in [0.1, 0.15) is 27.5 Å². The Kier molecular flexibility index (Phi) is 2.71. The Morgan fingerprint density at radius 2 is 2.06 bits per heavy atom. The van der Waals surface area contributed by atoms with Gasteiger partial charge in [0.15, 0.2) is 0 Å². The van der Waals surface area contributed by atoms with Gasteiger partial charge < -0.3 is 5.32 Å². The second kappa shape index (κ2) is 4.25. The van der Waals surface area contributed by atoms with Gasteiger partial charge in [0.25, 0.3) is 0 Å². The molecule has 3 rings (SSSR count). The molecule has 1 aliphatic rings. The molecule has 1 aromatic heterocycles. The lowest BCUT2D eigenvalue weighted by Crippen LogP contribution is -2.14. The van der Waals surface area contributed by atoms with Gasteiger partial charge in [-0.2, -0.15) is 0 Å². The molecule has 3 heteroatoms. The Labute approximate surface area is 111 Å². The third kappa shape index (κ3) is 1.75. The van der Waals surface area contributed by atoms with Crippen LogP contribution in [0.2, 0.25) is 0 Å². The van der Waals surface area contributed by atoms with Crippen molar-refractivity contribution in [3.63, 3.8) is 0 Å². The molecule has 1 N–H and O–H groups in total. The van der Waals surface area contributed by atoms with Crippen molar-refractivity contribution in [1.29, 1.82) is 0 Å². The number of carbonyl (C=O) groups excluding carboxylic acids is 1. The van der Waals surface area contributed by atoms with Crippen LogP contribution in [0.25, 0.3) is 0 Å². The van der Waals surface area contributed by atoms with Crippen molar-refractivity contribution in [1.82, 2.24) is 0 Å². The SMILES string of the molecule is Cc1ccsc1C[C@H]1C(=O)Nc2c(C)cccc21. The number of thiophene rings is 1. The molecule has 92 valence electrons. The van der Waals surface area contributed by atoms with Gasteiger partial charge in [-0.15, -0.1) is 11.3 Å². The molecule has 1 amide bonds. The van der Waals surface area contributed by atoms with Crippen molar-refractivity contribution in [2.75, 3.05) is 5.32 Å². The van der Waals surface area contributed by atoms with Crippen LogP contribution in [0.4, 0.5) is 5.69 Å². The number of amides is 1. The lowest BCUT2D eigenvalue weighted by Gasteiger charge is -2.08. The summed E-state index contributed by atoms with van der Waals surface area (Å²) in [5.41, 5.74) is 4.59. The second-order valence-corrected chi connectivity index (χ2v) is 5.81. The minimum absolute atomic E-state index is 0.0303. The summed E-state index contributed by atoms with van der Waals surface area (Å²) < 4.78 is 0. The van der Waals surface area contributed by atoms with Crippen molar-refractivity contribution in [2.24, 2.45) is 0 Å². The van der Waals surface area contributed by atoms with Crippen LogP contribution >= 0.6 is 11.3 Å². The maximum Gasteiger partial charge on any atom is 0.232 e. The number of benzene rings is 1. The first-order valence-corrected chi connectivity index (χ1v) is 6.98. The summed E-state index contributed by atoms with van der Waals surface area (Å²) >= 11 is 1.74. The summed E-state index contributed by atoms with van der Waals surface area (Å²) in [5, 5.41) is 5.11. The molecule has 0 saturated carbocycles. The first-order valence-electron chi connectivity index (χ1n) is 6.10. The van der Waals surface area contributed by atoms with Crippen molar-refractivity contribution in [2.45, 2.75) is 26.2 Å². The lowest BCUT2D eigenvalue weighted by molar-refractivity contribution is -0.117. The molecule has 0 radical (unpaired) electrons. The third-order valence-electron chi connectivity index (χ3n) is 3.60. The minimum Gasteiger partial charge on any atom is -0.325 e. The summed E-state index contributed by atoms with van der Waals surface area (Å²) in [6, 6.07) is 8.25. The van der Waals surface area contributed by atoms with Gasteiger partial charge in [-0.3, -0.25) is 4.79 Å². The van der Waals surface area contributed by atoms with Crippen molar-refractivity contribution in [3.8, 4) is 0 Å². The van der Waals surface area contributed by atoms with E-state index in [1.807, 2.05) is 19.1 Å². The van der Waals surface area contributed by atoms with Crippen LogP contribution in [-0.2, 0) is 11.2 Å². The predicted molar refractivity (Wildman–Crippen MR) is 75.3 cm³/mol. The van der Waals surface area contributed by atoms with Crippen LogP contribution in [0.3, 0.4) is 0 Å². The van der Waals surface area contributed by atoms with E-state index >= 15 is 0 Å². The normalized spacial score (nSPS) is 17.7. The monoisotopic (exact) mass is 257 g/mol. The molecular weight excluding hydrogens is 242 g/mol. The molecule has 0 spiro atoms. The van der Waals surface area contributed by atoms with E-state index in [2.05, 4.69) is 29.8 Å². The fraction of sp³-hybridized carbons (Fsp3) is 0.267. The van der Waals surface area contributed by atoms with Gasteiger partial charge in [0.2, 0.25) is 5.91 Å². The molecule has 2 nitrogen and oxygen atoms in total. The lowest BCUT2D eigenvalue weighted by atomic mass is 9.94. The number of hydrogen-bond donors (Lipinski definition) is 1. The standard InChI is InChI=1S/C15H15NOS/c1-9-6-7-18-13(9)8-12-11-5-3-4-10(2)14(11)16-15(12)17/h3-7,12H,8H2,1-2H3,(H,16,17)/t12-/m1/s1. The largest absolute Gasteiger partial charge is 0.325 e.